The Balaban J connectivity index is 1.42. The van der Waals surface area contributed by atoms with Crippen molar-refractivity contribution in [1.82, 2.24) is 18.9 Å². The average molecular weight is 491 g/mol. The van der Waals surface area contributed by atoms with E-state index in [1.54, 1.807) is 32.6 Å². The number of furan rings is 1. The molecule has 0 bridgehead atoms. The van der Waals surface area contributed by atoms with Gasteiger partial charge in [-0.15, -0.1) is 11.3 Å². The summed E-state index contributed by atoms with van der Waals surface area (Å²) in [7, 11) is 0. The van der Waals surface area contributed by atoms with E-state index < -0.39 is 0 Å². The number of fused-ring (bicyclic) bond motifs is 4. The van der Waals surface area contributed by atoms with Gasteiger partial charge in [0.15, 0.2) is 5.16 Å². The van der Waals surface area contributed by atoms with Crippen molar-refractivity contribution >= 4 is 39.0 Å². The molecule has 0 aromatic carbocycles. The van der Waals surface area contributed by atoms with Crippen LogP contribution in [0.4, 0.5) is 0 Å². The SMILES string of the molecule is Cc1cccc2nc(CSc3nc4sc5c(c4c(=O)n3Cc3ccco3)CCCC5)cc(=O)n12. The zero-order valence-electron chi connectivity index (χ0n) is 18.6. The molecule has 0 N–H and O–H groups in total. The van der Waals surface area contributed by atoms with E-state index in [1.165, 1.54) is 22.2 Å². The zero-order valence-corrected chi connectivity index (χ0v) is 20.2. The number of pyridine rings is 1. The van der Waals surface area contributed by atoms with Crippen molar-refractivity contribution in [3.05, 3.63) is 91.0 Å². The highest BCUT2D eigenvalue weighted by molar-refractivity contribution is 7.98. The van der Waals surface area contributed by atoms with Gasteiger partial charge < -0.3 is 4.42 Å². The number of nitrogens with zero attached hydrogens (tertiary/aromatic N) is 4. The molecule has 0 radical (unpaired) electrons. The Morgan fingerprint density at radius 3 is 2.85 bits per heavy atom. The molecule has 5 aromatic rings. The third kappa shape index (κ3) is 3.69. The highest BCUT2D eigenvalue weighted by Gasteiger charge is 2.23. The average Bonchev–Trinajstić information content (AvgIpc) is 3.47. The van der Waals surface area contributed by atoms with E-state index >= 15 is 0 Å². The lowest BCUT2D eigenvalue weighted by atomic mass is 9.97. The van der Waals surface area contributed by atoms with Gasteiger partial charge in [-0.05, 0) is 62.4 Å². The van der Waals surface area contributed by atoms with E-state index in [0.717, 1.165) is 41.6 Å². The van der Waals surface area contributed by atoms with Crippen LogP contribution in [0, 0.1) is 6.92 Å². The Bertz CT molecular complexity index is 1650. The number of aryl methyl sites for hydroxylation is 3. The molecular weight excluding hydrogens is 468 g/mol. The Morgan fingerprint density at radius 1 is 1.12 bits per heavy atom. The first-order chi connectivity index (χ1) is 16.6. The van der Waals surface area contributed by atoms with Crippen LogP contribution in [0.25, 0.3) is 15.9 Å². The molecule has 0 atom stereocenters. The molecule has 0 spiro atoms. The van der Waals surface area contributed by atoms with Crippen molar-refractivity contribution in [2.24, 2.45) is 0 Å². The maximum absolute atomic E-state index is 13.7. The van der Waals surface area contributed by atoms with Crippen LogP contribution in [-0.2, 0) is 25.1 Å². The first-order valence-electron chi connectivity index (χ1n) is 11.3. The molecule has 0 unspecified atom stereocenters. The third-order valence-corrected chi connectivity index (χ3v) is 8.41. The fraction of sp³-hybridized carbons (Fsp3) is 0.280. The van der Waals surface area contributed by atoms with Crippen LogP contribution in [-0.4, -0.2) is 18.9 Å². The van der Waals surface area contributed by atoms with Gasteiger partial charge in [-0.25, -0.2) is 9.97 Å². The monoisotopic (exact) mass is 490 g/mol. The number of hydrogen-bond acceptors (Lipinski definition) is 7. The standard InChI is InChI=1S/C25H22N4O3S2/c1-15-6-4-10-20-26-16(12-21(30)29(15)20)14-33-25-27-23-22(18-8-2-3-9-19(18)34-23)24(31)28(25)13-17-7-5-11-32-17/h4-7,10-12H,2-3,8-9,13-14H2,1H3. The number of hydrogen-bond donors (Lipinski definition) is 0. The summed E-state index contributed by atoms with van der Waals surface area (Å²) in [5.41, 5.74) is 3.16. The van der Waals surface area contributed by atoms with Gasteiger partial charge in [-0.1, -0.05) is 17.8 Å². The number of thioether (sulfide) groups is 1. The number of aromatic nitrogens is 4. The maximum Gasteiger partial charge on any atom is 0.263 e. The second-order valence-corrected chi connectivity index (χ2v) is 10.5. The fourth-order valence-electron chi connectivity index (χ4n) is 4.60. The summed E-state index contributed by atoms with van der Waals surface area (Å²) in [5.74, 6) is 1.13. The van der Waals surface area contributed by atoms with Crippen LogP contribution in [0.1, 0.15) is 40.4 Å². The number of thiophene rings is 1. The third-order valence-electron chi connectivity index (χ3n) is 6.22. The van der Waals surface area contributed by atoms with E-state index in [4.69, 9.17) is 9.40 Å². The summed E-state index contributed by atoms with van der Waals surface area (Å²) < 4.78 is 8.84. The van der Waals surface area contributed by atoms with Crippen molar-refractivity contribution in [2.45, 2.75) is 50.1 Å². The summed E-state index contributed by atoms with van der Waals surface area (Å²) in [6.45, 7) is 2.20. The lowest BCUT2D eigenvalue weighted by Gasteiger charge is -2.13. The molecule has 9 heteroatoms. The van der Waals surface area contributed by atoms with Crippen molar-refractivity contribution in [1.29, 1.82) is 0 Å². The highest BCUT2D eigenvalue weighted by atomic mass is 32.2. The largest absolute Gasteiger partial charge is 0.467 e. The minimum atomic E-state index is -0.110. The fourth-order valence-corrected chi connectivity index (χ4v) is 6.80. The van der Waals surface area contributed by atoms with Crippen LogP contribution in [0.5, 0.6) is 0 Å². The van der Waals surface area contributed by atoms with E-state index in [2.05, 4.69) is 4.98 Å². The molecule has 6 rings (SSSR count). The predicted molar refractivity (Wildman–Crippen MR) is 134 cm³/mol. The van der Waals surface area contributed by atoms with Gasteiger partial charge in [0.2, 0.25) is 0 Å². The Hall–Kier alpha value is -3.17. The molecule has 34 heavy (non-hydrogen) atoms. The molecule has 1 aliphatic carbocycles. The second kappa shape index (κ2) is 8.56. The van der Waals surface area contributed by atoms with Crippen LogP contribution in [0.2, 0.25) is 0 Å². The summed E-state index contributed by atoms with van der Waals surface area (Å²) >= 11 is 3.07. The van der Waals surface area contributed by atoms with Crippen LogP contribution in [0.3, 0.4) is 0 Å². The van der Waals surface area contributed by atoms with Crippen LogP contribution >= 0.6 is 23.1 Å². The molecule has 0 saturated heterocycles. The molecule has 7 nitrogen and oxygen atoms in total. The number of rotatable bonds is 5. The summed E-state index contributed by atoms with van der Waals surface area (Å²) in [6, 6.07) is 10.9. The van der Waals surface area contributed by atoms with Crippen molar-refractivity contribution < 1.29 is 4.42 Å². The molecular formula is C25H22N4O3S2. The lowest BCUT2D eigenvalue weighted by molar-refractivity contribution is 0.476. The first kappa shape index (κ1) is 21.4. The van der Waals surface area contributed by atoms with E-state index in [1.807, 2.05) is 37.3 Å². The van der Waals surface area contributed by atoms with Gasteiger partial charge >= 0.3 is 0 Å². The summed E-state index contributed by atoms with van der Waals surface area (Å²) in [5, 5.41) is 1.37. The topological polar surface area (TPSA) is 82.4 Å². The van der Waals surface area contributed by atoms with Crippen molar-refractivity contribution in [2.75, 3.05) is 0 Å². The molecule has 0 amide bonds. The second-order valence-electron chi connectivity index (χ2n) is 8.49. The Labute approximate surface area is 203 Å². The van der Waals surface area contributed by atoms with E-state index in [0.29, 0.717) is 34.6 Å². The highest BCUT2D eigenvalue weighted by Crippen LogP contribution is 2.35. The van der Waals surface area contributed by atoms with Crippen LogP contribution in [0.15, 0.2) is 61.8 Å². The van der Waals surface area contributed by atoms with Gasteiger partial charge in [0.1, 0.15) is 16.2 Å². The first-order valence-corrected chi connectivity index (χ1v) is 13.1. The molecule has 0 saturated carbocycles. The Kier molecular flexibility index (Phi) is 5.38. The summed E-state index contributed by atoms with van der Waals surface area (Å²) in [4.78, 5) is 38.1. The van der Waals surface area contributed by atoms with Gasteiger partial charge in [-0.2, -0.15) is 0 Å². The molecule has 5 aromatic heterocycles. The summed E-state index contributed by atoms with van der Waals surface area (Å²) in [6.07, 6.45) is 5.82. The maximum atomic E-state index is 13.7. The molecule has 1 aliphatic rings. The lowest BCUT2D eigenvalue weighted by Crippen LogP contribution is -2.24. The predicted octanol–water partition coefficient (Wildman–Crippen LogP) is 4.59. The van der Waals surface area contributed by atoms with Gasteiger partial charge in [0, 0.05) is 22.4 Å². The normalized spacial score (nSPS) is 13.6. The van der Waals surface area contributed by atoms with Gasteiger partial charge in [0.25, 0.3) is 11.1 Å². The molecule has 0 fully saturated rings. The van der Waals surface area contributed by atoms with Gasteiger partial charge in [0.05, 0.1) is 23.9 Å². The van der Waals surface area contributed by atoms with Crippen molar-refractivity contribution in [3.8, 4) is 0 Å². The smallest absolute Gasteiger partial charge is 0.263 e. The minimum Gasteiger partial charge on any atom is -0.467 e. The molecule has 0 aliphatic heterocycles. The zero-order chi connectivity index (χ0) is 23.2. The molecule has 5 heterocycles. The van der Waals surface area contributed by atoms with E-state index in [9.17, 15) is 9.59 Å². The Morgan fingerprint density at radius 2 is 2.00 bits per heavy atom. The minimum absolute atomic E-state index is 0.0227. The van der Waals surface area contributed by atoms with Gasteiger partial charge in [-0.3, -0.25) is 18.6 Å². The van der Waals surface area contributed by atoms with Crippen molar-refractivity contribution in [3.63, 3.8) is 0 Å². The van der Waals surface area contributed by atoms with Crippen LogP contribution < -0.4 is 11.1 Å². The quantitative estimate of drug-likeness (QED) is 0.265. The molecule has 172 valence electrons. The van der Waals surface area contributed by atoms with E-state index in [-0.39, 0.29) is 11.1 Å².